The zero-order chi connectivity index (χ0) is 11.1. The average molecular weight is 217 g/mol. The van der Waals surface area contributed by atoms with Gasteiger partial charge < -0.3 is 10.5 Å². The van der Waals surface area contributed by atoms with E-state index in [0.29, 0.717) is 12.0 Å². The quantitative estimate of drug-likeness (QED) is 0.826. The minimum absolute atomic E-state index is 0.382. The molecule has 3 rings (SSSR count). The number of nitrogens with two attached hydrogens (primary N) is 1. The first-order valence-electron chi connectivity index (χ1n) is 6.19. The van der Waals surface area contributed by atoms with E-state index in [2.05, 4.69) is 12.1 Å². The van der Waals surface area contributed by atoms with Crippen LogP contribution in [0, 0.1) is 11.8 Å². The van der Waals surface area contributed by atoms with Crippen LogP contribution in [-0.2, 0) is 0 Å². The molecular weight excluding hydrogens is 198 g/mol. The number of fused-ring (bicyclic) bond motifs is 2. The fraction of sp³-hybridized carbons (Fsp3) is 0.571. The van der Waals surface area contributed by atoms with Crippen molar-refractivity contribution >= 4 is 0 Å². The lowest BCUT2D eigenvalue weighted by Gasteiger charge is -2.28. The molecule has 2 saturated carbocycles. The summed E-state index contributed by atoms with van der Waals surface area (Å²) in [6.07, 6.45) is 4.06. The Morgan fingerprint density at radius 2 is 1.81 bits per heavy atom. The molecule has 1 aromatic carbocycles. The summed E-state index contributed by atoms with van der Waals surface area (Å²) in [6.45, 7) is 0. The average Bonchev–Trinajstić information content (AvgIpc) is 2.90. The van der Waals surface area contributed by atoms with Crippen molar-refractivity contribution in [2.24, 2.45) is 17.6 Å². The Kier molecular flexibility index (Phi) is 2.40. The molecule has 2 aliphatic rings. The maximum Gasteiger partial charge on any atom is 0.118 e. The van der Waals surface area contributed by atoms with Gasteiger partial charge in [-0.15, -0.1) is 0 Å². The number of hydrogen-bond acceptors (Lipinski definition) is 2. The van der Waals surface area contributed by atoms with E-state index in [1.54, 1.807) is 7.11 Å². The molecule has 4 unspecified atom stereocenters. The van der Waals surface area contributed by atoms with Crippen LogP contribution in [0.25, 0.3) is 0 Å². The molecule has 0 spiro atoms. The van der Waals surface area contributed by atoms with Gasteiger partial charge in [0, 0.05) is 12.0 Å². The molecule has 0 aromatic heterocycles. The molecule has 2 heteroatoms. The Bertz CT molecular complexity index is 371. The minimum Gasteiger partial charge on any atom is -0.497 e. The van der Waals surface area contributed by atoms with Gasteiger partial charge in [-0.3, -0.25) is 0 Å². The fourth-order valence-electron chi connectivity index (χ4n) is 3.66. The lowest BCUT2D eigenvalue weighted by molar-refractivity contribution is 0.365. The first-order chi connectivity index (χ1) is 7.79. The van der Waals surface area contributed by atoms with Gasteiger partial charge in [0.05, 0.1) is 7.11 Å². The molecule has 0 saturated heterocycles. The summed E-state index contributed by atoms with van der Waals surface area (Å²) in [7, 11) is 1.71. The number of benzene rings is 1. The second-order valence-electron chi connectivity index (χ2n) is 5.21. The van der Waals surface area contributed by atoms with Crippen LogP contribution in [0.15, 0.2) is 24.3 Å². The molecular formula is C14H19NO. The summed E-state index contributed by atoms with van der Waals surface area (Å²) in [4.78, 5) is 0. The zero-order valence-corrected chi connectivity index (χ0v) is 9.73. The summed E-state index contributed by atoms with van der Waals surface area (Å²) in [5.41, 5.74) is 7.74. The van der Waals surface area contributed by atoms with Gasteiger partial charge in [-0.05, 0) is 48.8 Å². The summed E-state index contributed by atoms with van der Waals surface area (Å²) in [5.74, 6) is 3.12. The Labute approximate surface area is 96.8 Å². The largest absolute Gasteiger partial charge is 0.497 e. The van der Waals surface area contributed by atoms with Gasteiger partial charge in [0.15, 0.2) is 0 Å². The molecule has 1 aromatic rings. The molecule has 2 N–H and O–H groups in total. The molecule has 0 aliphatic heterocycles. The van der Waals surface area contributed by atoms with Crippen LogP contribution in [0.4, 0.5) is 0 Å². The van der Waals surface area contributed by atoms with E-state index in [0.717, 1.165) is 17.6 Å². The van der Waals surface area contributed by atoms with Crippen molar-refractivity contribution in [2.75, 3.05) is 7.11 Å². The van der Waals surface area contributed by atoms with Crippen molar-refractivity contribution < 1.29 is 4.74 Å². The molecule has 0 radical (unpaired) electrons. The lowest BCUT2D eigenvalue weighted by Crippen LogP contribution is -2.33. The highest BCUT2D eigenvalue weighted by molar-refractivity contribution is 5.32. The highest BCUT2D eigenvalue weighted by Gasteiger charge is 2.46. The van der Waals surface area contributed by atoms with Gasteiger partial charge >= 0.3 is 0 Å². The number of rotatable bonds is 2. The summed E-state index contributed by atoms with van der Waals surface area (Å²) in [5, 5.41) is 0. The van der Waals surface area contributed by atoms with E-state index >= 15 is 0 Å². The van der Waals surface area contributed by atoms with Crippen molar-refractivity contribution in [1.29, 1.82) is 0 Å². The first kappa shape index (κ1) is 10.2. The maximum absolute atomic E-state index is 6.34. The van der Waals surface area contributed by atoms with Gasteiger partial charge in [0.1, 0.15) is 5.75 Å². The summed E-state index contributed by atoms with van der Waals surface area (Å²) >= 11 is 0. The highest BCUT2D eigenvalue weighted by atomic mass is 16.5. The van der Waals surface area contributed by atoms with Gasteiger partial charge in [0.25, 0.3) is 0 Å². The van der Waals surface area contributed by atoms with Crippen LogP contribution < -0.4 is 10.5 Å². The van der Waals surface area contributed by atoms with E-state index in [-0.39, 0.29) is 0 Å². The molecule has 86 valence electrons. The molecule has 16 heavy (non-hydrogen) atoms. The van der Waals surface area contributed by atoms with Crippen molar-refractivity contribution in [3.05, 3.63) is 29.8 Å². The SMILES string of the molecule is COc1ccc(C2C3CCC(C3)C2N)cc1. The number of ether oxygens (including phenoxy) is 1. The van der Waals surface area contributed by atoms with E-state index in [1.165, 1.54) is 24.8 Å². The summed E-state index contributed by atoms with van der Waals surface area (Å²) in [6, 6.07) is 8.85. The third-order valence-corrected chi connectivity index (χ3v) is 4.48. The third-order valence-electron chi connectivity index (χ3n) is 4.48. The van der Waals surface area contributed by atoms with E-state index in [4.69, 9.17) is 10.5 Å². The predicted octanol–water partition coefficient (Wildman–Crippen LogP) is 2.54. The van der Waals surface area contributed by atoms with Crippen molar-refractivity contribution in [1.82, 2.24) is 0 Å². The topological polar surface area (TPSA) is 35.2 Å². The zero-order valence-electron chi connectivity index (χ0n) is 9.73. The monoisotopic (exact) mass is 217 g/mol. The van der Waals surface area contributed by atoms with Crippen LogP contribution in [0.1, 0.15) is 30.7 Å². The van der Waals surface area contributed by atoms with Gasteiger partial charge in [-0.25, -0.2) is 0 Å². The van der Waals surface area contributed by atoms with E-state index < -0.39 is 0 Å². The normalized spacial score (nSPS) is 36.6. The predicted molar refractivity (Wildman–Crippen MR) is 64.5 cm³/mol. The summed E-state index contributed by atoms with van der Waals surface area (Å²) < 4.78 is 5.19. The minimum atomic E-state index is 0.382. The second kappa shape index (κ2) is 3.77. The van der Waals surface area contributed by atoms with E-state index in [9.17, 15) is 0 Å². The maximum atomic E-state index is 6.34. The standard InChI is InChI=1S/C14H19NO/c1-16-12-6-4-9(5-7-12)13-10-2-3-11(8-10)14(13)15/h4-7,10-11,13-14H,2-3,8,15H2,1H3. The third kappa shape index (κ3) is 1.44. The van der Waals surface area contributed by atoms with Crippen LogP contribution in [0.3, 0.4) is 0 Å². The van der Waals surface area contributed by atoms with Gasteiger partial charge in [-0.1, -0.05) is 12.1 Å². The molecule has 4 atom stereocenters. The first-order valence-corrected chi connectivity index (χ1v) is 6.19. The smallest absolute Gasteiger partial charge is 0.118 e. The Morgan fingerprint density at radius 1 is 1.12 bits per heavy atom. The Morgan fingerprint density at radius 3 is 2.38 bits per heavy atom. The van der Waals surface area contributed by atoms with Crippen molar-refractivity contribution in [2.45, 2.75) is 31.2 Å². The molecule has 2 nitrogen and oxygen atoms in total. The van der Waals surface area contributed by atoms with Crippen LogP contribution >= 0.6 is 0 Å². The second-order valence-corrected chi connectivity index (χ2v) is 5.21. The molecule has 2 fully saturated rings. The van der Waals surface area contributed by atoms with Crippen LogP contribution in [0.2, 0.25) is 0 Å². The van der Waals surface area contributed by atoms with Gasteiger partial charge in [0.2, 0.25) is 0 Å². The number of hydrogen-bond donors (Lipinski definition) is 1. The molecule has 2 bridgehead atoms. The number of methoxy groups -OCH3 is 1. The Hall–Kier alpha value is -1.02. The highest BCUT2D eigenvalue weighted by Crippen LogP contribution is 2.52. The van der Waals surface area contributed by atoms with Crippen LogP contribution in [0.5, 0.6) is 5.75 Å². The molecule has 2 aliphatic carbocycles. The van der Waals surface area contributed by atoms with Crippen molar-refractivity contribution in [3.8, 4) is 5.75 Å². The molecule has 0 heterocycles. The van der Waals surface area contributed by atoms with Gasteiger partial charge in [-0.2, -0.15) is 0 Å². The van der Waals surface area contributed by atoms with Crippen molar-refractivity contribution in [3.63, 3.8) is 0 Å². The fourth-order valence-corrected chi connectivity index (χ4v) is 3.66. The van der Waals surface area contributed by atoms with E-state index in [1.807, 2.05) is 12.1 Å². The Balaban J connectivity index is 1.86. The molecule has 0 amide bonds. The van der Waals surface area contributed by atoms with Crippen LogP contribution in [-0.4, -0.2) is 13.2 Å². The lowest BCUT2D eigenvalue weighted by atomic mass is 9.80.